The van der Waals surface area contributed by atoms with Crippen LogP contribution < -0.4 is 5.32 Å². The molecule has 1 aromatic rings. The number of furan rings is 1. The van der Waals surface area contributed by atoms with Gasteiger partial charge in [-0.05, 0) is 45.9 Å². The van der Waals surface area contributed by atoms with Gasteiger partial charge in [0, 0.05) is 17.3 Å². The zero-order valence-corrected chi connectivity index (χ0v) is 16.1. The first kappa shape index (κ1) is 20.3. The number of allylic oxidation sites excluding steroid dienone is 5. The van der Waals surface area contributed by atoms with E-state index in [1.807, 2.05) is 6.07 Å². The summed E-state index contributed by atoms with van der Waals surface area (Å²) in [5.74, 6) is -0.770. The average molecular weight is 371 g/mol. The van der Waals surface area contributed by atoms with E-state index in [4.69, 9.17) is 13.9 Å². The van der Waals surface area contributed by atoms with Crippen molar-refractivity contribution in [1.82, 2.24) is 5.32 Å². The fraction of sp³-hybridized carbons (Fsp3) is 0.333. The molecule has 2 rings (SSSR count). The summed E-state index contributed by atoms with van der Waals surface area (Å²) in [5.41, 5.74) is 2.11. The minimum absolute atomic E-state index is 0.252. The van der Waals surface area contributed by atoms with Gasteiger partial charge in [-0.1, -0.05) is 18.2 Å². The van der Waals surface area contributed by atoms with Crippen LogP contribution in [0.1, 0.15) is 33.5 Å². The maximum Gasteiger partial charge on any atom is 0.336 e. The second kappa shape index (κ2) is 9.62. The van der Waals surface area contributed by atoms with E-state index in [0.29, 0.717) is 28.3 Å². The Morgan fingerprint density at radius 1 is 1.07 bits per heavy atom. The lowest BCUT2D eigenvalue weighted by Gasteiger charge is -2.28. The molecule has 0 spiro atoms. The molecular weight excluding hydrogens is 346 g/mol. The van der Waals surface area contributed by atoms with Crippen molar-refractivity contribution < 1.29 is 23.5 Å². The fourth-order valence-electron chi connectivity index (χ4n) is 2.91. The Labute approximate surface area is 159 Å². The van der Waals surface area contributed by atoms with Crippen molar-refractivity contribution in [3.05, 3.63) is 64.9 Å². The lowest BCUT2D eigenvalue weighted by Crippen LogP contribution is -2.32. The van der Waals surface area contributed by atoms with Crippen LogP contribution in [0.5, 0.6) is 0 Å². The zero-order valence-electron chi connectivity index (χ0n) is 16.1. The summed E-state index contributed by atoms with van der Waals surface area (Å²) < 4.78 is 15.6. The predicted molar refractivity (Wildman–Crippen MR) is 102 cm³/mol. The van der Waals surface area contributed by atoms with Crippen LogP contribution in [-0.4, -0.2) is 25.2 Å². The van der Waals surface area contributed by atoms with Gasteiger partial charge in [0.25, 0.3) is 0 Å². The van der Waals surface area contributed by atoms with Crippen molar-refractivity contribution in [3.8, 4) is 0 Å². The summed E-state index contributed by atoms with van der Waals surface area (Å²) in [6, 6.07) is 3.63. The molecule has 1 aliphatic rings. The molecule has 0 amide bonds. The smallest absolute Gasteiger partial charge is 0.336 e. The average Bonchev–Trinajstić information content (AvgIpc) is 3.12. The van der Waals surface area contributed by atoms with E-state index < -0.39 is 17.9 Å². The molecule has 0 atom stereocenters. The van der Waals surface area contributed by atoms with Crippen molar-refractivity contribution >= 4 is 18.0 Å². The highest BCUT2D eigenvalue weighted by molar-refractivity contribution is 5.98. The minimum Gasteiger partial charge on any atom is -0.465 e. The van der Waals surface area contributed by atoms with Gasteiger partial charge in [0.15, 0.2) is 0 Å². The van der Waals surface area contributed by atoms with Crippen LogP contribution in [0.3, 0.4) is 0 Å². The lowest BCUT2D eigenvalue weighted by atomic mass is 9.85. The van der Waals surface area contributed by atoms with Crippen molar-refractivity contribution in [3.63, 3.8) is 0 Å². The van der Waals surface area contributed by atoms with Crippen LogP contribution in [0.4, 0.5) is 0 Å². The number of carbonyl (C=O) groups is 2. The standard InChI is InChI=1S/C21H25NO5/c1-5-25-20(23)18-14(3)22-15(4)19(21(24)26-6-2)17(18)12-8-7-10-16-11-9-13-27-16/h7-13,17,22H,5-6H2,1-4H3. The molecule has 0 saturated carbocycles. The molecule has 1 aromatic heterocycles. The third-order valence-electron chi connectivity index (χ3n) is 4.01. The van der Waals surface area contributed by atoms with Crippen LogP contribution in [0, 0.1) is 5.92 Å². The highest BCUT2D eigenvalue weighted by Gasteiger charge is 2.35. The third-order valence-corrected chi connectivity index (χ3v) is 4.01. The van der Waals surface area contributed by atoms with Crippen LogP contribution in [0.25, 0.3) is 6.08 Å². The Hall–Kier alpha value is -3.02. The van der Waals surface area contributed by atoms with Crippen LogP contribution in [-0.2, 0) is 19.1 Å². The summed E-state index contributed by atoms with van der Waals surface area (Å²) in [4.78, 5) is 25.0. The molecule has 0 aromatic carbocycles. The summed E-state index contributed by atoms with van der Waals surface area (Å²) in [5, 5.41) is 3.09. The first-order chi connectivity index (χ1) is 13.0. The fourth-order valence-corrected chi connectivity index (χ4v) is 2.91. The van der Waals surface area contributed by atoms with E-state index in [1.54, 1.807) is 64.3 Å². The minimum atomic E-state index is -0.564. The van der Waals surface area contributed by atoms with E-state index in [2.05, 4.69) is 5.32 Å². The van der Waals surface area contributed by atoms with Crippen molar-refractivity contribution in [2.24, 2.45) is 5.92 Å². The van der Waals surface area contributed by atoms with E-state index >= 15 is 0 Å². The Kier molecular flexibility index (Phi) is 7.23. The number of nitrogens with one attached hydrogen (secondary N) is 1. The normalized spacial score (nSPS) is 15.6. The third kappa shape index (κ3) is 5.00. The highest BCUT2D eigenvalue weighted by atomic mass is 16.5. The molecule has 27 heavy (non-hydrogen) atoms. The van der Waals surface area contributed by atoms with Crippen molar-refractivity contribution in [2.75, 3.05) is 13.2 Å². The zero-order chi connectivity index (χ0) is 19.8. The summed E-state index contributed by atoms with van der Waals surface area (Å²) >= 11 is 0. The molecule has 1 aliphatic heterocycles. The van der Waals surface area contributed by atoms with Gasteiger partial charge in [-0.2, -0.15) is 0 Å². The Morgan fingerprint density at radius 3 is 2.15 bits per heavy atom. The number of carbonyl (C=O) groups excluding carboxylic acids is 2. The van der Waals surface area contributed by atoms with Crippen molar-refractivity contribution in [2.45, 2.75) is 27.7 Å². The molecule has 0 bridgehead atoms. The Bertz CT molecular complexity index is 757. The molecular formula is C21H25NO5. The van der Waals surface area contributed by atoms with Gasteiger partial charge in [0.05, 0.1) is 30.6 Å². The lowest BCUT2D eigenvalue weighted by molar-refractivity contribution is -0.139. The van der Waals surface area contributed by atoms with Crippen molar-refractivity contribution in [1.29, 1.82) is 0 Å². The maximum absolute atomic E-state index is 12.5. The molecule has 0 saturated heterocycles. The summed E-state index contributed by atoms with van der Waals surface area (Å²) in [7, 11) is 0. The second-order valence-corrected chi connectivity index (χ2v) is 5.88. The monoisotopic (exact) mass is 371 g/mol. The number of hydrogen-bond donors (Lipinski definition) is 1. The predicted octanol–water partition coefficient (Wildman–Crippen LogP) is 3.74. The van der Waals surface area contributed by atoms with E-state index in [1.165, 1.54) is 0 Å². The highest BCUT2D eigenvalue weighted by Crippen LogP contribution is 2.32. The van der Waals surface area contributed by atoms with Gasteiger partial charge >= 0.3 is 11.9 Å². The van der Waals surface area contributed by atoms with E-state index in [0.717, 1.165) is 0 Å². The van der Waals surface area contributed by atoms with Crippen LogP contribution >= 0.6 is 0 Å². The van der Waals surface area contributed by atoms with Gasteiger partial charge in [-0.3, -0.25) is 0 Å². The largest absolute Gasteiger partial charge is 0.465 e. The topological polar surface area (TPSA) is 77.8 Å². The first-order valence-electron chi connectivity index (χ1n) is 8.90. The molecule has 0 aliphatic carbocycles. The Balaban J connectivity index is 2.38. The van der Waals surface area contributed by atoms with Crippen LogP contribution in [0.2, 0.25) is 0 Å². The summed E-state index contributed by atoms with van der Waals surface area (Å²) in [6.45, 7) is 7.57. The van der Waals surface area contributed by atoms with Gasteiger partial charge < -0.3 is 19.2 Å². The first-order valence-corrected chi connectivity index (χ1v) is 8.90. The number of esters is 2. The maximum atomic E-state index is 12.5. The quantitative estimate of drug-likeness (QED) is 0.581. The summed E-state index contributed by atoms with van der Waals surface area (Å²) in [6.07, 6.45) is 8.73. The molecule has 144 valence electrons. The van der Waals surface area contributed by atoms with E-state index in [9.17, 15) is 9.59 Å². The number of hydrogen-bond acceptors (Lipinski definition) is 6. The number of rotatable bonds is 7. The second-order valence-electron chi connectivity index (χ2n) is 5.88. The number of dihydropyridines is 1. The number of ether oxygens (including phenoxy) is 2. The molecule has 0 unspecified atom stereocenters. The van der Waals surface area contributed by atoms with E-state index in [-0.39, 0.29) is 13.2 Å². The van der Waals surface area contributed by atoms with Gasteiger partial charge in [-0.15, -0.1) is 0 Å². The SMILES string of the molecule is CCOC(=O)C1=C(C)NC(C)=C(C(=O)OCC)C1C=CC=Cc1ccco1. The molecule has 6 nitrogen and oxygen atoms in total. The Morgan fingerprint density at radius 2 is 1.67 bits per heavy atom. The molecule has 2 heterocycles. The molecule has 0 radical (unpaired) electrons. The molecule has 6 heteroatoms. The van der Waals surface area contributed by atoms with Gasteiger partial charge in [-0.25, -0.2) is 9.59 Å². The molecule has 0 fully saturated rings. The molecule has 1 N–H and O–H groups in total. The van der Waals surface area contributed by atoms with Gasteiger partial charge in [0.2, 0.25) is 0 Å². The van der Waals surface area contributed by atoms with Gasteiger partial charge in [0.1, 0.15) is 5.76 Å². The van der Waals surface area contributed by atoms with Crippen LogP contribution in [0.15, 0.2) is 63.6 Å².